The summed E-state index contributed by atoms with van der Waals surface area (Å²) in [6, 6.07) is 9.10. The number of hydrogen-bond donors (Lipinski definition) is 1. The normalized spacial score (nSPS) is 11.8. The molecule has 0 saturated heterocycles. The second-order valence-corrected chi connectivity index (χ2v) is 7.25. The molecule has 0 unspecified atom stereocenters. The van der Waals surface area contributed by atoms with Gasteiger partial charge in [-0.05, 0) is 23.8 Å². The average molecular weight is 462 g/mol. The van der Waals surface area contributed by atoms with Gasteiger partial charge in [0.2, 0.25) is 5.91 Å². The second-order valence-electron chi connectivity index (χ2n) is 6.39. The largest absolute Gasteiger partial charge is 0.493 e. The van der Waals surface area contributed by atoms with E-state index in [1.807, 2.05) is 0 Å². The van der Waals surface area contributed by atoms with E-state index in [-0.39, 0.29) is 12.3 Å². The lowest BCUT2D eigenvalue weighted by atomic mass is 10.0. The first-order valence-corrected chi connectivity index (χ1v) is 9.65. The lowest BCUT2D eigenvalue weighted by Crippen LogP contribution is -2.32. The number of imidazole rings is 1. The van der Waals surface area contributed by atoms with E-state index >= 15 is 0 Å². The molecule has 1 N–H and O–H groups in total. The van der Waals surface area contributed by atoms with Crippen molar-refractivity contribution in [1.29, 1.82) is 0 Å². The molecule has 6 nitrogen and oxygen atoms in total. The lowest BCUT2D eigenvalue weighted by Gasteiger charge is -2.20. The molecule has 3 rings (SSSR count). The maximum absolute atomic E-state index is 14.5. The van der Waals surface area contributed by atoms with Crippen LogP contribution in [0.25, 0.3) is 0 Å². The van der Waals surface area contributed by atoms with Crippen molar-refractivity contribution in [3.05, 3.63) is 76.0 Å². The number of hydrogen-bond acceptors (Lipinski definition) is 4. The van der Waals surface area contributed by atoms with Crippen LogP contribution in [0.15, 0.2) is 53.3 Å². The Bertz CT molecular complexity index is 1020. The highest BCUT2D eigenvalue weighted by Gasteiger charge is 2.24. The summed E-state index contributed by atoms with van der Waals surface area (Å²) in [5, 5.41) is 2.90. The SMILES string of the molecule is COc1cc(Br)c(CC(=O)N[C@@H](c2ccccc2F)c2nccn2C)cc1OC. The smallest absolute Gasteiger partial charge is 0.225 e. The van der Waals surface area contributed by atoms with Crippen molar-refractivity contribution in [3.8, 4) is 11.5 Å². The van der Waals surface area contributed by atoms with Crippen molar-refractivity contribution in [2.24, 2.45) is 7.05 Å². The molecule has 1 aromatic heterocycles. The van der Waals surface area contributed by atoms with Crippen LogP contribution in [-0.2, 0) is 18.3 Å². The summed E-state index contributed by atoms with van der Waals surface area (Å²) in [7, 11) is 4.88. The number of ether oxygens (including phenoxy) is 2. The lowest BCUT2D eigenvalue weighted by molar-refractivity contribution is -0.121. The van der Waals surface area contributed by atoms with E-state index in [0.29, 0.717) is 32.9 Å². The Morgan fingerprint density at radius 2 is 1.93 bits per heavy atom. The van der Waals surface area contributed by atoms with Crippen molar-refractivity contribution in [2.75, 3.05) is 14.2 Å². The maximum atomic E-state index is 14.5. The Balaban J connectivity index is 1.89. The van der Waals surface area contributed by atoms with Gasteiger partial charge in [-0.25, -0.2) is 9.37 Å². The van der Waals surface area contributed by atoms with Gasteiger partial charge in [0.15, 0.2) is 11.5 Å². The van der Waals surface area contributed by atoms with Crippen LogP contribution in [0, 0.1) is 5.82 Å². The predicted molar refractivity (Wildman–Crippen MR) is 111 cm³/mol. The third-order valence-electron chi connectivity index (χ3n) is 4.54. The molecule has 0 aliphatic carbocycles. The molecule has 2 aromatic carbocycles. The molecule has 152 valence electrons. The minimum absolute atomic E-state index is 0.0658. The molecule has 0 saturated carbocycles. The van der Waals surface area contributed by atoms with Gasteiger partial charge in [0.1, 0.15) is 17.7 Å². The molecular formula is C21H21BrFN3O3. The van der Waals surface area contributed by atoms with E-state index in [1.54, 1.807) is 61.5 Å². The number of carbonyl (C=O) groups excluding carboxylic acids is 1. The van der Waals surface area contributed by atoms with Crippen LogP contribution in [0.4, 0.5) is 4.39 Å². The van der Waals surface area contributed by atoms with Crippen molar-refractivity contribution < 1.29 is 18.7 Å². The second kappa shape index (κ2) is 9.09. The van der Waals surface area contributed by atoms with Crippen LogP contribution in [0.1, 0.15) is 23.0 Å². The zero-order chi connectivity index (χ0) is 21.0. The van der Waals surface area contributed by atoms with E-state index in [9.17, 15) is 9.18 Å². The molecule has 0 radical (unpaired) electrons. The van der Waals surface area contributed by atoms with Crippen molar-refractivity contribution in [1.82, 2.24) is 14.9 Å². The molecule has 0 aliphatic rings. The minimum atomic E-state index is -0.720. The molecule has 29 heavy (non-hydrogen) atoms. The van der Waals surface area contributed by atoms with Gasteiger partial charge in [0, 0.05) is 29.5 Å². The van der Waals surface area contributed by atoms with E-state index in [2.05, 4.69) is 26.2 Å². The standard InChI is InChI=1S/C21H21BrFN3O3/c1-26-9-8-24-21(26)20(14-6-4-5-7-16(14)23)25-19(27)11-13-10-17(28-2)18(29-3)12-15(13)22/h4-10,12,20H,11H2,1-3H3,(H,25,27)/t20-/m0/s1. The van der Waals surface area contributed by atoms with E-state index < -0.39 is 11.9 Å². The third kappa shape index (κ3) is 4.59. The van der Waals surface area contributed by atoms with Gasteiger partial charge in [-0.15, -0.1) is 0 Å². The fourth-order valence-electron chi connectivity index (χ4n) is 3.06. The van der Waals surface area contributed by atoms with Gasteiger partial charge in [-0.2, -0.15) is 0 Å². The van der Waals surface area contributed by atoms with Gasteiger partial charge in [0.25, 0.3) is 0 Å². The maximum Gasteiger partial charge on any atom is 0.225 e. The van der Waals surface area contributed by atoms with Crippen molar-refractivity contribution in [3.63, 3.8) is 0 Å². The first-order chi connectivity index (χ1) is 13.9. The number of nitrogens with one attached hydrogen (secondary N) is 1. The molecular weight excluding hydrogens is 441 g/mol. The number of rotatable bonds is 7. The summed E-state index contributed by atoms with van der Waals surface area (Å²) in [4.78, 5) is 17.2. The number of methoxy groups -OCH3 is 2. The Hall–Kier alpha value is -2.87. The quantitative estimate of drug-likeness (QED) is 0.581. The Kier molecular flexibility index (Phi) is 6.53. The van der Waals surface area contributed by atoms with E-state index in [0.717, 1.165) is 0 Å². The van der Waals surface area contributed by atoms with Crippen LogP contribution in [0.3, 0.4) is 0 Å². The number of carbonyl (C=O) groups is 1. The molecule has 3 aromatic rings. The molecule has 1 atom stereocenters. The summed E-state index contributed by atoms with van der Waals surface area (Å²) >= 11 is 3.46. The highest BCUT2D eigenvalue weighted by Crippen LogP contribution is 2.33. The van der Waals surface area contributed by atoms with Crippen LogP contribution in [0.2, 0.25) is 0 Å². The summed E-state index contributed by atoms with van der Waals surface area (Å²) in [6.45, 7) is 0. The Morgan fingerprint density at radius 1 is 1.24 bits per heavy atom. The van der Waals surface area contributed by atoms with Crippen LogP contribution >= 0.6 is 15.9 Å². The summed E-state index contributed by atoms with van der Waals surface area (Å²) < 4.78 is 27.5. The van der Waals surface area contributed by atoms with Gasteiger partial charge in [-0.1, -0.05) is 34.1 Å². The molecule has 1 heterocycles. The Labute approximate surface area is 176 Å². The highest BCUT2D eigenvalue weighted by atomic mass is 79.9. The van der Waals surface area contributed by atoms with Gasteiger partial charge >= 0.3 is 0 Å². The zero-order valence-corrected chi connectivity index (χ0v) is 17.9. The number of benzene rings is 2. The number of halogens is 2. The fraction of sp³-hybridized carbons (Fsp3) is 0.238. The summed E-state index contributed by atoms with van der Waals surface area (Å²) in [5.74, 6) is 0.922. The van der Waals surface area contributed by atoms with Crippen molar-refractivity contribution >= 4 is 21.8 Å². The van der Waals surface area contributed by atoms with Crippen LogP contribution < -0.4 is 14.8 Å². The van der Waals surface area contributed by atoms with Gasteiger partial charge in [0.05, 0.1) is 20.6 Å². The molecule has 8 heteroatoms. The molecule has 0 aliphatic heterocycles. The topological polar surface area (TPSA) is 65.4 Å². The van der Waals surface area contributed by atoms with Gasteiger partial charge < -0.3 is 19.4 Å². The zero-order valence-electron chi connectivity index (χ0n) is 16.3. The fourth-order valence-corrected chi connectivity index (χ4v) is 3.53. The predicted octanol–water partition coefficient (Wildman–Crippen LogP) is 3.79. The van der Waals surface area contributed by atoms with Gasteiger partial charge in [-0.3, -0.25) is 4.79 Å². The van der Waals surface area contributed by atoms with Crippen LogP contribution in [-0.4, -0.2) is 29.7 Å². The monoisotopic (exact) mass is 461 g/mol. The number of aryl methyl sites for hydroxylation is 1. The highest BCUT2D eigenvalue weighted by molar-refractivity contribution is 9.10. The molecule has 1 amide bonds. The number of nitrogens with zero attached hydrogens (tertiary/aromatic N) is 2. The first-order valence-electron chi connectivity index (χ1n) is 8.86. The van der Waals surface area contributed by atoms with Crippen LogP contribution in [0.5, 0.6) is 11.5 Å². The Morgan fingerprint density at radius 3 is 2.55 bits per heavy atom. The summed E-state index contributed by atoms with van der Waals surface area (Å²) in [5.41, 5.74) is 1.06. The van der Waals surface area contributed by atoms with E-state index in [1.165, 1.54) is 13.2 Å². The third-order valence-corrected chi connectivity index (χ3v) is 5.28. The van der Waals surface area contributed by atoms with E-state index in [4.69, 9.17) is 9.47 Å². The molecule has 0 bridgehead atoms. The molecule has 0 fully saturated rings. The van der Waals surface area contributed by atoms with Crippen molar-refractivity contribution in [2.45, 2.75) is 12.5 Å². The molecule has 0 spiro atoms. The number of aromatic nitrogens is 2. The summed E-state index contributed by atoms with van der Waals surface area (Å²) in [6.07, 6.45) is 3.43. The number of amides is 1. The minimum Gasteiger partial charge on any atom is -0.493 e. The average Bonchev–Trinajstić information content (AvgIpc) is 3.13. The first kappa shape index (κ1) is 20.9.